The van der Waals surface area contributed by atoms with Crippen molar-refractivity contribution in [1.82, 2.24) is 4.90 Å². The van der Waals surface area contributed by atoms with Crippen LogP contribution in [0.2, 0.25) is 0 Å². The van der Waals surface area contributed by atoms with Crippen molar-refractivity contribution in [3.05, 3.63) is 29.3 Å². The normalized spacial score (nSPS) is 15.8. The summed E-state index contributed by atoms with van der Waals surface area (Å²) in [7, 11) is 0. The van der Waals surface area contributed by atoms with Gasteiger partial charge < -0.3 is 4.74 Å². The molecule has 1 aliphatic rings. The van der Waals surface area contributed by atoms with Gasteiger partial charge in [-0.3, -0.25) is 4.90 Å². The van der Waals surface area contributed by atoms with Gasteiger partial charge in [0.1, 0.15) is 12.4 Å². The second-order valence-electron chi connectivity index (χ2n) is 4.49. The molecule has 0 aromatic heterocycles. The average Bonchev–Trinajstić information content (AvgIpc) is 2.82. The van der Waals surface area contributed by atoms with E-state index in [0.717, 1.165) is 30.0 Å². The smallest absolute Gasteiger partial charge is 0.119 e. The third-order valence-electron chi connectivity index (χ3n) is 3.19. The Morgan fingerprint density at radius 1 is 1.35 bits per heavy atom. The molecule has 0 radical (unpaired) electrons. The summed E-state index contributed by atoms with van der Waals surface area (Å²) in [5.41, 5.74) is 1.70. The van der Waals surface area contributed by atoms with E-state index >= 15 is 0 Å². The molecule has 0 N–H and O–H groups in total. The Bertz CT molecular complexity index is 417. The van der Waals surface area contributed by atoms with Crippen molar-refractivity contribution in [2.24, 2.45) is 0 Å². The summed E-state index contributed by atoms with van der Waals surface area (Å²) >= 11 is 0. The molecule has 2 rings (SSSR count). The van der Waals surface area contributed by atoms with Crippen molar-refractivity contribution in [3.63, 3.8) is 0 Å². The molecule has 3 heteroatoms. The van der Waals surface area contributed by atoms with Crippen LogP contribution in [-0.2, 0) is 0 Å². The lowest BCUT2D eigenvalue weighted by atomic mass is 10.1. The van der Waals surface area contributed by atoms with Gasteiger partial charge in [0, 0.05) is 6.54 Å². The van der Waals surface area contributed by atoms with Gasteiger partial charge in [-0.2, -0.15) is 5.26 Å². The minimum atomic E-state index is 0.719. The Hall–Kier alpha value is -1.53. The molecule has 1 fully saturated rings. The lowest BCUT2D eigenvalue weighted by Gasteiger charge is -2.15. The number of likely N-dealkylation sites (tertiary alicyclic amines) is 1. The zero-order valence-electron chi connectivity index (χ0n) is 10.3. The molecule has 1 aromatic rings. The Balaban J connectivity index is 1.82. The molecule has 0 atom stereocenters. The molecule has 90 valence electrons. The van der Waals surface area contributed by atoms with Gasteiger partial charge in [0.05, 0.1) is 11.6 Å². The first-order valence-corrected chi connectivity index (χ1v) is 6.15. The summed E-state index contributed by atoms with van der Waals surface area (Å²) in [5.74, 6) is 0.862. The van der Waals surface area contributed by atoms with Gasteiger partial charge in [-0.1, -0.05) is 0 Å². The molecule has 0 saturated carbocycles. The standard InChI is InChI=1S/C14H18N2O/c1-12-10-14(5-4-13(12)11-15)17-9-8-16-6-2-3-7-16/h4-5,10H,2-3,6-9H2,1H3. The van der Waals surface area contributed by atoms with E-state index in [2.05, 4.69) is 11.0 Å². The van der Waals surface area contributed by atoms with Gasteiger partial charge in [0.25, 0.3) is 0 Å². The SMILES string of the molecule is Cc1cc(OCCN2CCCC2)ccc1C#N. The van der Waals surface area contributed by atoms with E-state index in [0.29, 0.717) is 0 Å². The van der Waals surface area contributed by atoms with Gasteiger partial charge in [0.15, 0.2) is 0 Å². The second-order valence-corrected chi connectivity index (χ2v) is 4.49. The minimum Gasteiger partial charge on any atom is -0.492 e. The number of ether oxygens (including phenoxy) is 1. The van der Waals surface area contributed by atoms with Crippen LogP contribution >= 0.6 is 0 Å². The van der Waals surface area contributed by atoms with Crippen LogP contribution in [0.1, 0.15) is 24.0 Å². The number of hydrogen-bond donors (Lipinski definition) is 0. The highest BCUT2D eigenvalue weighted by atomic mass is 16.5. The quantitative estimate of drug-likeness (QED) is 0.796. The van der Waals surface area contributed by atoms with E-state index in [9.17, 15) is 0 Å². The van der Waals surface area contributed by atoms with Crippen LogP contribution in [0.4, 0.5) is 0 Å². The maximum absolute atomic E-state index is 8.83. The topological polar surface area (TPSA) is 36.3 Å². The van der Waals surface area contributed by atoms with Crippen LogP contribution in [0.25, 0.3) is 0 Å². The lowest BCUT2D eigenvalue weighted by molar-refractivity contribution is 0.237. The summed E-state index contributed by atoms with van der Waals surface area (Å²) < 4.78 is 5.70. The van der Waals surface area contributed by atoms with Crippen LogP contribution in [0.15, 0.2) is 18.2 Å². The predicted octanol–water partition coefficient (Wildman–Crippen LogP) is 2.34. The number of benzene rings is 1. The fourth-order valence-corrected chi connectivity index (χ4v) is 2.15. The van der Waals surface area contributed by atoms with Crippen LogP contribution in [0, 0.1) is 18.3 Å². The first-order chi connectivity index (χ1) is 8.29. The van der Waals surface area contributed by atoms with Crippen molar-refractivity contribution >= 4 is 0 Å². The molecule has 0 aliphatic carbocycles. The lowest BCUT2D eigenvalue weighted by Crippen LogP contribution is -2.25. The summed E-state index contributed by atoms with van der Waals surface area (Å²) in [4.78, 5) is 2.43. The highest BCUT2D eigenvalue weighted by molar-refractivity contribution is 5.41. The fourth-order valence-electron chi connectivity index (χ4n) is 2.15. The maximum atomic E-state index is 8.83. The maximum Gasteiger partial charge on any atom is 0.119 e. The molecule has 0 unspecified atom stereocenters. The third-order valence-corrected chi connectivity index (χ3v) is 3.19. The molecular weight excluding hydrogens is 212 g/mol. The van der Waals surface area contributed by atoms with E-state index in [4.69, 9.17) is 10.00 Å². The second kappa shape index (κ2) is 5.70. The highest BCUT2D eigenvalue weighted by Crippen LogP contribution is 2.16. The zero-order chi connectivity index (χ0) is 12.1. The van der Waals surface area contributed by atoms with E-state index in [1.807, 2.05) is 25.1 Å². The molecule has 0 spiro atoms. The first kappa shape index (κ1) is 11.9. The van der Waals surface area contributed by atoms with E-state index in [1.165, 1.54) is 25.9 Å². The van der Waals surface area contributed by atoms with Crippen molar-refractivity contribution in [1.29, 1.82) is 5.26 Å². The monoisotopic (exact) mass is 230 g/mol. The fraction of sp³-hybridized carbons (Fsp3) is 0.500. The molecule has 0 amide bonds. The summed E-state index contributed by atoms with van der Waals surface area (Å²) in [6.07, 6.45) is 2.63. The molecular formula is C14H18N2O. The summed E-state index contributed by atoms with van der Waals surface area (Å²) in [5, 5.41) is 8.83. The molecule has 1 aromatic carbocycles. The predicted molar refractivity (Wildman–Crippen MR) is 67.1 cm³/mol. The molecule has 1 aliphatic heterocycles. The zero-order valence-corrected chi connectivity index (χ0v) is 10.3. The van der Waals surface area contributed by atoms with Crippen molar-refractivity contribution < 1.29 is 4.74 Å². The van der Waals surface area contributed by atoms with Gasteiger partial charge in [-0.15, -0.1) is 0 Å². The van der Waals surface area contributed by atoms with Crippen molar-refractivity contribution in [2.45, 2.75) is 19.8 Å². The molecule has 3 nitrogen and oxygen atoms in total. The number of hydrogen-bond acceptors (Lipinski definition) is 3. The van der Waals surface area contributed by atoms with Crippen LogP contribution in [0.5, 0.6) is 5.75 Å². The van der Waals surface area contributed by atoms with Crippen LogP contribution < -0.4 is 4.74 Å². The highest BCUT2D eigenvalue weighted by Gasteiger charge is 2.10. The Labute approximate surface area is 103 Å². The molecule has 17 heavy (non-hydrogen) atoms. The Morgan fingerprint density at radius 2 is 2.12 bits per heavy atom. The largest absolute Gasteiger partial charge is 0.492 e. The molecule has 1 saturated heterocycles. The molecule has 0 bridgehead atoms. The number of nitriles is 1. The minimum absolute atomic E-state index is 0.719. The van der Waals surface area contributed by atoms with Crippen LogP contribution in [-0.4, -0.2) is 31.1 Å². The van der Waals surface area contributed by atoms with Crippen LogP contribution in [0.3, 0.4) is 0 Å². The number of rotatable bonds is 4. The van der Waals surface area contributed by atoms with E-state index in [-0.39, 0.29) is 0 Å². The van der Waals surface area contributed by atoms with Gasteiger partial charge >= 0.3 is 0 Å². The Kier molecular flexibility index (Phi) is 4.00. The van der Waals surface area contributed by atoms with Gasteiger partial charge in [-0.05, 0) is 56.6 Å². The Morgan fingerprint density at radius 3 is 2.76 bits per heavy atom. The van der Waals surface area contributed by atoms with E-state index < -0.39 is 0 Å². The van der Waals surface area contributed by atoms with Gasteiger partial charge in [0.2, 0.25) is 0 Å². The molecule has 1 heterocycles. The van der Waals surface area contributed by atoms with E-state index in [1.54, 1.807) is 0 Å². The first-order valence-electron chi connectivity index (χ1n) is 6.15. The summed E-state index contributed by atoms with van der Waals surface area (Å²) in [6.45, 7) is 6.07. The van der Waals surface area contributed by atoms with Crippen molar-refractivity contribution in [2.75, 3.05) is 26.2 Å². The number of nitrogens with zero attached hydrogens (tertiary/aromatic N) is 2. The number of aryl methyl sites for hydroxylation is 1. The average molecular weight is 230 g/mol. The van der Waals surface area contributed by atoms with Gasteiger partial charge in [-0.25, -0.2) is 0 Å². The van der Waals surface area contributed by atoms with Crippen molar-refractivity contribution in [3.8, 4) is 11.8 Å². The summed E-state index contributed by atoms with van der Waals surface area (Å²) in [6, 6.07) is 7.78. The third kappa shape index (κ3) is 3.21.